The van der Waals surface area contributed by atoms with Gasteiger partial charge in [0.05, 0.1) is 0 Å². The van der Waals surface area contributed by atoms with E-state index in [4.69, 9.17) is 0 Å². The van der Waals surface area contributed by atoms with E-state index in [2.05, 4.69) is 121 Å². The van der Waals surface area contributed by atoms with Crippen molar-refractivity contribution in [1.29, 1.82) is 0 Å². The average molecular weight is 361 g/mol. The van der Waals surface area contributed by atoms with Gasteiger partial charge < -0.3 is 0 Å². The molecule has 0 saturated carbocycles. The van der Waals surface area contributed by atoms with Crippen LogP contribution in [0.5, 0.6) is 0 Å². The maximum Gasteiger partial charge on any atom is -0.0582 e. The van der Waals surface area contributed by atoms with Crippen molar-refractivity contribution in [2.45, 2.75) is 12.8 Å². The van der Waals surface area contributed by atoms with E-state index in [1.807, 2.05) is 0 Å². The smallest absolute Gasteiger partial charge is 0.0582 e. The second-order valence-electron chi connectivity index (χ2n) is 6.92. The molecule has 28 heavy (non-hydrogen) atoms. The summed E-state index contributed by atoms with van der Waals surface area (Å²) in [5.41, 5.74) is 5.20. The highest BCUT2D eigenvalue weighted by Crippen LogP contribution is 2.34. The van der Waals surface area contributed by atoms with Crippen LogP contribution in [0.3, 0.4) is 0 Å². The Morgan fingerprint density at radius 1 is 0.321 bits per heavy atom. The Hall–Kier alpha value is -3.38. The molecule has 0 aliphatic heterocycles. The molecule has 0 aromatic heterocycles. The predicted molar refractivity (Wildman–Crippen MR) is 118 cm³/mol. The number of rotatable bonds is 7. The Morgan fingerprint density at radius 3 is 0.750 bits per heavy atom. The molecule has 4 aromatic rings. The minimum absolute atomic E-state index is 0.993. The molecule has 4 rings (SSSR count). The maximum atomic E-state index is 2.22. The predicted octanol–water partition coefficient (Wildman–Crippen LogP) is 7.11. The van der Waals surface area contributed by atoms with Crippen molar-refractivity contribution < 1.29 is 0 Å². The number of hydrogen-bond acceptors (Lipinski definition) is 0. The summed E-state index contributed by atoms with van der Waals surface area (Å²) >= 11 is 0. The molecule has 4 aromatic carbocycles. The maximum absolute atomic E-state index is 2.22. The van der Waals surface area contributed by atoms with Gasteiger partial charge in [0.25, 0.3) is 0 Å². The van der Waals surface area contributed by atoms with Crippen LogP contribution in [0.15, 0.2) is 121 Å². The Kier molecular flexibility index (Phi) is 5.80. The van der Waals surface area contributed by atoms with Gasteiger partial charge in [-0.15, -0.1) is 82.6 Å². The summed E-state index contributed by atoms with van der Waals surface area (Å²) in [4.78, 5) is 0. The molecule has 0 fully saturated rings. The summed E-state index contributed by atoms with van der Waals surface area (Å²) in [5, 5.41) is 0. The van der Waals surface area contributed by atoms with Crippen molar-refractivity contribution in [2.24, 2.45) is 0 Å². The molecule has 0 radical (unpaired) electrons. The summed E-state index contributed by atoms with van der Waals surface area (Å²) in [6.07, 6.45) is 1.99. The van der Waals surface area contributed by atoms with Gasteiger partial charge in [-0.2, -0.15) is 0 Å². The lowest BCUT2D eigenvalue weighted by atomic mass is 9.81. The third kappa shape index (κ3) is 4.29. The SMILES string of the molecule is c1ccc([C-](CC[C-](c2ccccc2)c2ccccc2)c2ccccc2)cc1. The fourth-order valence-corrected chi connectivity index (χ4v) is 3.72. The van der Waals surface area contributed by atoms with E-state index in [1.165, 1.54) is 34.1 Å². The van der Waals surface area contributed by atoms with E-state index in [1.54, 1.807) is 0 Å². The second-order valence-corrected chi connectivity index (χ2v) is 6.92. The molecule has 0 aliphatic carbocycles. The molecular weight excluding hydrogens is 336 g/mol. The van der Waals surface area contributed by atoms with Crippen LogP contribution in [0.25, 0.3) is 0 Å². The van der Waals surface area contributed by atoms with Crippen molar-refractivity contribution in [1.82, 2.24) is 0 Å². The standard InChI is InChI=1S/C28H24/c1-5-13-23(14-6-1)27(24-15-7-2-8-16-24)21-22-28(25-17-9-3-10-18-25)26-19-11-4-12-20-26/h1-20H,21-22H2/q-2. The van der Waals surface area contributed by atoms with Crippen LogP contribution >= 0.6 is 0 Å². The lowest BCUT2D eigenvalue weighted by molar-refractivity contribution is 0.821. The lowest BCUT2D eigenvalue weighted by Gasteiger charge is -2.31. The molecule has 0 amide bonds. The molecule has 0 nitrogen and oxygen atoms in total. The Balaban J connectivity index is 1.64. The lowest BCUT2D eigenvalue weighted by Crippen LogP contribution is -2.08. The zero-order valence-corrected chi connectivity index (χ0v) is 16.0. The first-order valence-electron chi connectivity index (χ1n) is 9.85. The third-order valence-electron chi connectivity index (χ3n) is 5.11. The van der Waals surface area contributed by atoms with Crippen LogP contribution in [0.4, 0.5) is 0 Å². The summed E-state index contributed by atoms with van der Waals surface area (Å²) < 4.78 is 0. The first kappa shape index (κ1) is 18.0. The molecule has 0 spiro atoms. The first-order chi connectivity index (χ1) is 13.9. The van der Waals surface area contributed by atoms with Crippen molar-refractivity contribution >= 4 is 0 Å². The average Bonchev–Trinajstić information content (AvgIpc) is 2.79. The van der Waals surface area contributed by atoms with Crippen LogP contribution in [0.1, 0.15) is 35.1 Å². The van der Waals surface area contributed by atoms with Crippen LogP contribution < -0.4 is 0 Å². The highest BCUT2D eigenvalue weighted by atomic mass is 14.2. The van der Waals surface area contributed by atoms with E-state index < -0.39 is 0 Å². The summed E-state index contributed by atoms with van der Waals surface area (Å²) in [7, 11) is 0. The van der Waals surface area contributed by atoms with Crippen LogP contribution in [-0.2, 0) is 0 Å². The molecular formula is C28H24-2. The minimum Gasteiger partial charge on any atom is -0.120 e. The molecule has 0 heterocycles. The van der Waals surface area contributed by atoms with Crippen LogP contribution in [0, 0.1) is 11.8 Å². The fraction of sp³-hybridized carbons (Fsp3) is 0.0714. The monoisotopic (exact) mass is 360 g/mol. The molecule has 0 atom stereocenters. The highest BCUT2D eigenvalue weighted by molar-refractivity contribution is 5.49. The third-order valence-corrected chi connectivity index (χ3v) is 5.11. The summed E-state index contributed by atoms with van der Waals surface area (Å²) in [6, 6.07) is 43.0. The van der Waals surface area contributed by atoms with Gasteiger partial charge in [0, 0.05) is 0 Å². The molecule has 0 saturated heterocycles. The largest absolute Gasteiger partial charge is 0.120 e. The Bertz CT molecular complexity index is 782. The molecule has 138 valence electrons. The number of hydrogen-bond donors (Lipinski definition) is 0. The van der Waals surface area contributed by atoms with Crippen molar-refractivity contribution in [3.05, 3.63) is 155 Å². The first-order valence-corrected chi connectivity index (χ1v) is 9.85. The molecule has 0 aliphatic rings. The van der Waals surface area contributed by atoms with E-state index in [9.17, 15) is 0 Å². The van der Waals surface area contributed by atoms with E-state index >= 15 is 0 Å². The van der Waals surface area contributed by atoms with Crippen LogP contribution in [-0.4, -0.2) is 0 Å². The van der Waals surface area contributed by atoms with E-state index in [0.717, 1.165) is 12.8 Å². The molecule has 0 unspecified atom stereocenters. The van der Waals surface area contributed by atoms with Gasteiger partial charge in [-0.3, -0.25) is 0 Å². The topological polar surface area (TPSA) is 0 Å². The van der Waals surface area contributed by atoms with Gasteiger partial charge in [-0.25, -0.2) is 0 Å². The van der Waals surface area contributed by atoms with Crippen molar-refractivity contribution in [3.8, 4) is 0 Å². The van der Waals surface area contributed by atoms with Gasteiger partial charge in [0.1, 0.15) is 0 Å². The zero-order chi connectivity index (χ0) is 19.0. The summed E-state index contributed by atoms with van der Waals surface area (Å²) in [6.45, 7) is 0. The summed E-state index contributed by atoms with van der Waals surface area (Å²) in [5.74, 6) is 2.79. The molecule has 0 heteroatoms. The normalized spacial score (nSPS) is 10.4. The second kappa shape index (κ2) is 9.01. The molecule has 0 bridgehead atoms. The Morgan fingerprint density at radius 2 is 0.536 bits per heavy atom. The number of benzene rings is 4. The van der Waals surface area contributed by atoms with E-state index in [-0.39, 0.29) is 0 Å². The van der Waals surface area contributed by atoms with Gasteiger partial charge in [-0.05, 0) is 0 Å². The van der Waals surface area contributed by atoms with Crippen molar-refractivity contribution in [3.63, 3.8) is 0 Å². The zero-order valence-electron chi connectivity index (χ0n) is 16.0. The van der Waals surface area contributed by atoms with Gasteiger partial charge in [0.15, 0.2) is 0 Å². The van der Waals surface area contributed by atoms with Gasteiger partial charge in [0.2, 0.25) is 0 Å². The highest BCUT2D eigenvalue weighted by Gasteiger charge is 2.12. The van der Waals surface area contributed by atoms with Crippen molar-refractivity contribution in [2.75, 3.05) is 0 Å². The fourth-order valence-electron chi connectivity index (χ4n) is 3.72. The van der Waals surface area contributed by atoms with Gasteiger partial charge in [-0.1, -0.05) is 85.6 Å². The van der Waals surface area contributed by atoms with E-state index in [0.29, 0.717) is 0 Å². The van der Waals surface area contributed by atoms with Gasteiger partial charge >= 0.3 is 0 Å². The Labute approximate surface area is 168 Å². The van der Waals surface area contributed by atoms with Crippen LogP contribution in [0.2, 0.25) is 0 Å². The minimum atomic E-state index is 0.993. The molecule has 0 N–H and O–H groups in total. The quantitative estimate of drug-likeness (QED) is 0.308.